The van der Waals surface area contributed by atoms with Gasteiger partial charge in [-0.3, -0.25) is 29.9 Å². The number of rotatable bonds is 9. The molecule has 0 radical (unpaired) electrons. The zero-order valence-corrected chi connectivity index (χ0v) is 73.3. The number of para-hydroxylation sites is 3. The molecule has 0 fully saturated rings. The Morgan fingerprint density at radius 2 is 0.493 bits per heavy atom. The first kappa shape index (κ1) is 77.9. The molecule has 0 N–H and O–H groups in total. The van der Waals surface area contributed by atoms with E-state index in [-0.39, 0.29) is 0 Å². The van der Waals surface area contributed by atoms with E-state index in [4.69, 9.17) is 58.1 Å². The molecule has 0 amide bonds. The number of pyridine rings is 6. The highest BCUT2D eigenvalue weighted by Gasteiger charge is 2.59. The third kappa shape index (κ3) is 11.4. The van der Waals surface area contributed by atoms with Crippen molar-refractivity contribution in [1.82, 2.24) is 74.8 Å². The fourth-order valence-electron chi connectivity index (χ4n) is 22.5. The lowest BCUT2D eigenvalue weighted by molar-refractivity contribution is 0.506. The molecule has 642 valence electrons. The highest BCUT2D eigenvalue weighted by Crippen LogP contribution is 2.70. The molecule has 12 aromatic carbocycles. The Balaban J connectivity index is 0.000000102. The van der Waals surface area contributed by atoms with Crippen LogP contribution in [-0.4, -0.2) is 74.8 Å². The zero-order chi connectivity index (χ0) is 90.7. The fraction of sp³-hybridized carbons (Fsp3) is 0.0250. The average molecular weight is 1770 g/mol. The first-order valence-electron chi connectivity index (χ1n) is 45.8. The second-order valence-corrected chi connectivity index (χ2v) is 35.0. The van der Waals surface area contributed by atoms with Gasteiger partial charge in [0, 0.05) is 139 Å². The summed E-state index contributed by atoms with van der Waals surface area (Å²) in [6.07, 6.45) is 17.6. The molecule has 0 aliphatic heterocycles. The van der Waals surface area contributed by atoms with Crippen molar-refractivity contribution in [3.05, 3.63) is 487 Å². The van der Waals surface area contributed by atoms with E-state index in [1.165, 1.54) is 66.8 Å². The number of nitrogens with zero attached hydrogens (tertiary/aromatic N) is 15. The van der Waals surface area contributed by atoms with Gasteiger partial charge < -0.3 is 13.3 Å². The molecule has 1 unspecified atom stereocenters. The van der Waals surface area contributed by atoms with Crippen LogP contribution in [0, 0.1) is 0 Å². The Morgan fingerprint density at radius 1 is 0.174 bits per heavy atom. The number of hydrogen-bond donors (Lipinski definition) is 0. The van der Waals surface area contributed by atoms with E-state index >= 15 is 0 Å². The van der Waals surface area contributed by atoms with Crippen molar-refractivity contribution in [2.24, 2.45) is 0 Å². The number of hydrogen-bond acceptors (Lipinski definition) is 18. The summed E-state index contributed by atoms with van der Waals surface area (Å²) < 4.78 is 20.7. The Labute approximate surface area is 788 Å². The minimum absolute atomic E-state index is 0.496. The Morgan fingerprint density at radius 3 is 0.935 bits per heavy atom. The van der Waals surface area contributed by atoms with Gasteiger partial charge in [-0.25, -0.2) is 44.9 Å². The van der Waals surface area contributed by atoms with Gasteiger partial charge in [-0.2, -0.15) is 0 Å². The van der Waals surface area contributed by atoms with Crippen LogP contribution in [0.25, 0.3) is 202 Å². The number of furan rings is 3. The molecule has 3 spiro atoms. The molecule has 0 saturated carbocycles. The maximum atomic E-state index is 6.95. The Hall–Kier alpha value is -18.8. The van der Waals surface area contributed by atoms with Crippen LogP contribution in [0.1, 0.15) is 67.4 Å². The van der Waals surface area contributed by atoms with Crippen molar-refractivity contribution in [2.45, 2.75) is 16.2 Å². The molecular weight excluding hydrogens is 1700 g/mol. The lowest BCUT2D eigenvalue weighted by atomic mass is 9.73. The van der Waals surface area contributed by atoms with Gasteiger partial charge in [-0.15, -0.1) is 0 Å². The predicted octanol–water partition coefficient (Wildman–Crippen LogP) is 26.3. The van der Waals surface area contributed by atoms with Gasteiger partial charge in [-0.1, -0.05) is 261 Å². The normalized spacial score (nSPS) is 14.1. The third-order valence-electron chi connectivity index (χ3n) is 27.9. The molecule has 138 heavy (non-hydrogen) atoms. The zero-order valence-electron chi connectivity index (χ0n) is 73.3. The van der Waals surface area contributed by atoms with Crippen LogP contribution in [0.15, 0.2) is 433 Å². The van der Waals surface area contributed by atoms with Crippen molar-refractivity contribution in [2.75, 3.05) is 0 Å². The molecule has 18 heteroatoms. The first-order chi connectivity index (χ1) is 68.4. The summed E-state index contributed by atoms with van der Waals surface area (Å²) in [5.41, 5.74) is 33.0. The second-order valence-electron chi connectivity index (χ2n) is 35.0. The fourth-order valence-corrected chi connectivity index (χ4v) is 22.5. The van der Waals surface area contributed by atoms with Crippen LogP contribution in [0.2, 0.25) is 0 Å². The van der Waals surface area contributed by atoms with Crippen molar-refractivity contribution in [3.63, 3.8) is 0 Å². The molecule has 18 nitrogen and oxygen atoms in total. The van der Waals surface area contributed by atoms with Crippen LogP contribution < -0.4 is 0 Å². The lowest BCUT2D eigenvalue weighted by Gasteiger charge is -2.28. The molecule has 0 saturated heterocycles. The van der Waals surface area contributed by atoms with Crippen molar-refractivity contribution < 1.29 is 13.3 Å². The maximum Gasteiger partial charge on any atom is 0.182 e. The van der Waals surface area contributed by atoms with E-state index in [9.17, 15) is 0 Å². The predicted molar refractivity (Wildman–Crippen MR) is 533 cm³/mol. The first-order valence-corrected chi connectivity index (χ1v) is 45.8. The molecule has 1 atom stereocenters. The van der Waals surface area contributed by atoms with Gasteiger partial charge in [0.15, 0.2) is 52.4 Å². The summed E-state index contributed by atoms with van der Waals surface area (Å²) in [4.78, 5) is 71.1. The van der Waals surface area contributed by atoms with E-state index in [0.717, 1.165) is 139 Å². The van der Waals surface area contributed by atoms with E-state index < -0.39 is 16.2 Å². The van der Waals surface area contributed by atoms with Crippen molar-refractivity contribution in [1.29, 1.82) is 0 Å². The smallest absolute Gasteiger partial charge is 0.182 e. The molecule has 12 heterocycles. The van der Waals surface area contributed by atoms with E-state index in [0.29, 0.717) is 63.8 Å². The summed E-state index contributed by atoms with van der Waals surface area (Å²) in [5.74, 6) is 7.86. The van der Waals surface area contributed by atoms with Gasteiger partial charge in [-0.05, 0) is 192 Å². The largest absolute Gasteiger partial charge is 0.459 e. The van der Waals surface area contributed by atoms with Crippen LogP contribution in [0.5, 0.6) is 0 Å². The van der Waals surface area contributed by atoms with Crippen LogP contribution in [-0.2, 0) is 16.2 Å². The van der Waals surface area contributed by atoms with Crippen molar-refractivity contribution >= 4 is 32.9 Å². The van der Waals surface area contributed by atoms with E-state index in [1.807, 2.05) is 103 Å². The van der Waals surface area contributed by atoms with Crippen LogP contribution >= 0.6 is 0 Å². The molecular formula is C120H69N15O3. The Bertz CT molecular complexity index is 8870. The topological polar surface area (TPSA) is 233 Å². The summed E-state index contributed by atoms with van der Waals surface area (Å²) in [5, 5.41) is 3.29. The highest BCUT2D eigenvalue weighted by atomic mass is 16.3. The summed E-state index contributed by atoms with van der Waals surface area (Å²) >= 11 is 0. The summed E-state index contributed by atoms with van der Waals surface area (Å²) in [6.45, 7) is 0. The molecule has 12 aromatic heterocycles. The molecule has 0 bridgehead atoms. The quantitative estimate of drug-likeness (QED) is 0.131. The molecule has 6 aliphatic carbocycles. The maximum absolute atomic E-state index is 6.95. The second kappa shape index (κ2) is 30.6. The minimum atomic E-state index is -0.631. The van der Waals surface area contributed by atoms with Crippen molar-refractivity contribution in [3.8, 4) is 170 Å². The van der Waals surface area contributed by atoms with Gasteiger partial charge in [0.05, 0.1) is 0 Å². The van der Waals surface area contributed by atoms with Gasteiger partial charge >= 0.3 is 0 Å². The molecule has 24 aromatic rings. The third-order valence-corrected chi connectivity index (χ3v) is 27.9. The molecule has 30 rings (SSSR count). The number of benzene rings is 12. The number of fused-ring (bicyclic) bond motifs is 36. The summed E-state index contributed by atoms with van der Waals surface area (Å²) in [7, 11) is 0. The molecule has 6 aliphatic rings. The van der Waals surface area contributed by atoms with E-state index in [2.05, 4.69) is 285 Å². The van der Waals surface area contributed by atoms with Crippen LogP contribution in [0.3, 0.4) is 0 Å². The average Bonchev–Trinajstić information content (AvgIpc) is 1.50. The van der Waals surface area contributed by atoms with Gasteiger partial charge in [0.1, 0.15) is 61.7 Å². The van der Waals surface area contributed by atoms with Crippen LogP contribution in [0.4, 0.5) is 0 Å². The van der Waals surface area contributed by atoms with Gasteiger partial charge in [0.2, 0.25) is 0 Å². The lowest BCUT2D eigenvalue weighted by Crippen LogP contribution is -2.25. The Kier molecular flexibility index (Phi) is 17.3. The summed E-state index contributed by atoms with van der Waals surface area (Å²) in [6, 6.07) is 124. The number of aromatic nitrogens is 15. The van der Waals surface area contributed by atoms with Gasteiger partial charge in [0.25, 0.3) is 0 Å². The monoisotopic (exact) mass is 1770 g/mol. The SMILES string of the molecule is c1ccc(-c2nc(-c3ccccn3)nc(-c3cccc4c3-c3ccccc3C43c4ccccc4-c4c3oc3ccccc43)n2)nc1.c1ccc2c(c1)-c1ccccc1C21c2ccc(-c3nc(-c4ccncc4)nc(-c4ccncc4)n3)cc2-c2c1oc1ccccc21.c1cncc(-c2nc(-c3cccnc3)nc(-c3cccc4c3-c3c(oc5ccccc35)C43c4ccccc4-c4ccccc43)n2)c1. The minimum Gasteiger partial charge on any atom is -0.459 e. The highest BCUT2D eigenvalue weighted by molar-refractivity contribution is 6.11. The standard InChI is InChI=1S/3C40H23N5O/c1-4-16-30-26(12-1)27-13-2-5-17-31(27)40(30)32-18-7-15-29(34(32)35-28-14-3-6-19-33(28)46-36(35)40)39-44-37(24-10-8-20-41-22-24)43-38(45-39)25-11-9-21-42-23-25;1-4-16-28-24(12-1)34-27(37-43-38(31-19-7-9-22-41-31)45-39(44-37)32-20-8-10-23-42-32)15-11-18-30(34)40(28)29-17-5-2-13-25(29)35-26-14-3-6-21-33(26)46-36(35)40;1-4-10-31-27(7-1)28-8-2-5-11-32(28)40(31)33-14-13-26(23-30(33)35-29-9-3-6-12-34(29)46-36(35)40)39-44-37(24-15-19-41-20-16-24)43-38(45-39)25-17-21-42-22-18-25/h3*1-23H. The van der Waals surface area contributed by atoms with E-state index in [1.54, 1.807) is 62.0 Å².